The quantitative estimate of drug-likeness (QED) is 0.663. The van der Waals surface area contributed by atoms with Crippen LogP contribution in [-0.4, -0.2) is 34.0 Å². The number of hydrogen-bond donors (Lipinski definition) is 1. The van der Waals surface area contributed by atoms with Gasteiger partial charge in [-0.3, -0.25) is 14.0 Å². The maximum absolute atomic E-state index is 12.9. The minimum absolute atomic E-state index is 0.115. The zero-order chi connectivity index (χ0) is 22.0. The van der Waals surface area contributed by atoms with Crippen LogP contribution in [0.4, 0.5) is 5.69 Å². The predicted octanol–water partition coefficient (Wildman–Crippen LogP) is 3.08. The van der Waals surface area contributed by atoms with E-state index in [-0.39, 0.29) is 17.5 Å². The van der Waals surface area contributed by atoms with E-state index in [0.717, 1.165) is 24.1 Å². The smallest absolute Gasteiger partial charge is 0.263 e. The monoisotopic (exact) mass is 420 g/mol. The van der Waals surface area contributed by atoms with E-state index >= 15 is 0 Å². The van der Waals surface area contributed by atoms with Crippen molar-refractivity contribution in [3.05, 3.63) is 70.3 Å². The van der Waals surface area contributed by atoms with Gasteiger partial charge in [0.15, 0.2) is 6.10 Å². The summed E-state index contributed by atoms with van der Waals surface area (Å²) in [6.45, 7) is 6.86. The van der Waals surface area contributed by atoms with Gasteiger partial charge in [0.05, 0.1) is 24.5 Å². The number of nitrogens with zero attached hydrogens (tertiary/aromatic N) is 3. The zero-order valence-corrected chi connectivity index (χ0v) is 18.2. The minimum Gasteiger partial charge on any atom is -0.477 e. The number of fused-ring (bicyclic) bond motifs is 2. The number of carbonyl (C=O) groups is 1. The number of rotatable bonds is 6. The number of amides is 1. The highest BCUT2D eigenvalue weighted by Crippen LogP contribution is 2.34. The Bertz CT molecular complexity index is 1150. The fraction of sp³-hybridized carbons (Fsp3) is 0.375. The molecule has 162 valence electrons. The van der Waals surface area contributed by atoms with Crippen LogP contribution in [0, 0.1) is 6.92 Å². The molecule has 1 N–H and O–H groups in total. The summed E-state index contributed by atoms with van der Waals surface area (Å²) in [6.07, 6.45) is 2.85. The van der Waals surface area contributed by atoms with Crippen LogP contribution in [0.2, 0.25) is 0 Å². The molecule has 2 aromatic heterocycles. The molecule has 3 heterocycles. The van der Waals surface area contributed by atoms with Gasteiger partial charge in [0, 0.05) is 18.3 Å². The molecule has 1 aliphatic heterocycles. The third-order valence-corrected chi connectivity index (χ3v) is 5.78. The van der Waals surface area contributed by atoms with Crippen LogP contribution < -0.4 is 20.5 Å². The SMILES string of the molecule is CCC(CC)NC(=O)C1CN(Cc2cc(=O)n3cccc(C)c3n2)c2ccccc2O1. The minimum atomic E-state index is -0.626. The molecule has 1 aromatic carbocycles. The molecule has 0 fully saturated rings. The van der Waals surface area contributed by atoms with Crippen molar-refractivity contribution in [3.63, 3.8) is 0 Å². The van der Waals surface area contributed by atoms with E-state index in [1.54, 1.807) is 16.7 Å². The number of aryl methyl sites for hydroxylation is 1. The average Bonchev–Trinajstić information content (AvgIpc) is 2.78. The molecular weight excluding hydrogens is 392 g/mol. The van der Waals surface area contributed by atoms with E-state index < -0.39 is 6.10 Å². The van der Waals surface area contributed by atoms with Crippen LogP contribution in [0.3, 0.4) is 0 Å². The Morgan fingerprint density at radius 2 is 2.00 bits per heavy atom. The third-order valence-electron chi connectivity index (χ3n) is 5.78. The number of ether oxygens (including phenoxy) is 1. The molecule has 4 rings (SSSR count). The van der Waals surface area contributed by atoms with Crippen molar-refractivity contribution < 1.29 is 9.53 Å². The normalized spacial score (nSPS) is 15.6. The molecule has 7 nitrogen and oxygen atoms in total. The highest BCUT2D eigenvalue weighted by molar-refractivity contribution is 5.83. The second-order valence-electron chi connectivity index (χ2n) is 7.95. The van der Waals surface area contributed by atoms with E-state index in [1.165, 1.54) is 0 Å². The molecular formula is C24H28N4O3. The van der Waals surface area contributed by atoms with E-state index in [9.17, 15) is 9.59 Å². The molecule has 0 aliphatic carbocycles. The summed E-state index contributed by atoms with van der Waals surface area (Å²) in [5, 5.41) is 3.08. The van der Waals surface area contributed by atoms with Gasteiger partial charge < -0.3 is 15.0 Å². The average molecular weight is 421 g/mol. The lowest BCUT2D eigenvalue weighted by molar-refractivity contribution is -0.128. The standard InChI is InChI=1S/C24H28N4O3/c1-4-17(5-2)26-24(30)21-15-27(19-10-6-7-11-20(19)31-21)14-18-13-22(29)28-12-8-9-16(3)23(28)25-18/h6-13,17,21H,4-5,14-15H2,1-3H3,(H,26,30). The van der Waals surface area contributed by atoms with E-state index in [4.69, 9.17) is 9.72 Å². The van der Waals surface area contributed by atoms with Gasteiger partial charge in [-0.2, -0.15) is 0 Å². The third kappa shape index (κ3) is 4.26. The van der Waals surface area contributed by atoms with Crippen molar-refractivity contribution in [1.29, 1.82) is 0 Å². The van der Waals surface area contributed by atoms with Gasteiger partial charge in [-0.25, -0.2) is 4.98 Å². The molecule has 1 amide bonds. The summed E-state index contributed by atoms with van der Waals surface area (Å²) in [7, 11) is 0. The van der Waals surface area contributed by atoms with Gasteiger partial charge in [0.25, 0.3) is 11.5 Å². The molecule has 1 unspecified atom stereocenters. The van der Waals surface area contributed by atoms with Crippen LogP contribution in [0.5, 0.6) is 5.75 Å². The number of para-hydroxylation sites is 2. The fourth-order valence-electron chi connectivity index (χ4n) is 3.97. The number of aromatic nitrogens is 2. The summed E-state index contributed by atoms with van der Waals surface area (Å²) in [4.78, 5) is 32.3. The highest BCUT2D eigenvalue weighted by atomic mass is 16.5. The van der Waals surface area contributed by atoms with Gasteiger partial charge >= 0.3 is 0 Å². The largest absolute Gasteiger partial charge is 0.477 e. The van der Waals surface area contributed by atoms with Crippen molar-refractivity contribution in [2.75, 3.05) is 11.4 Å². The summed E-state index contributed by atoms with van der Waals surface area (Å²) in [5.41, 5.74) is 3.02. The maximum Gasteiger partial charge on any atom is 0.263 e. The van der Waals surface area contributed by atoms with Crippen molar-refractivity contribution in [3.8, 4) is 5.75 Å². The first-order valence-corrected chi connectivity index (χ1v) is 10.8. The molecule has 0 saturated carbocycles. The maximum atomic E-state index is 12.9. The Labute approximate surface area is 181 Å². The molecule has 1 aliphatic rings. The molecule has 31 heavy (non-hydrogen) atoms. The van der Waals surface area contributed by atoms with Gasteiger partial charge in [-0.05, 0) is 43.5 Å². The van der Waals surface area contributed by atoms with Crippen molar-refractivity contribution >= 4 is 17.2 Å². The first kappa shape index (κ1) is 20.9. The lowest BCUT2D eigenvalue weighted by atomic mass is 10.1. The van der Waals surface area contributed by atoms with Gasteiger partial charge in [-0.15, -0.1) is 0 Å². The Hall–Kier alpha value is -3.35. The van der Waals surface area contributed by atoms with Gasteiger partial charge in [0.1, 0.15) is 11.4 Å². The summed E-state index contributed by atoms with van der Waals surface area (Å²) >= 11 is 0. The van der Waals surface area contributed by atoms with Gasteiger partial charge in [0.2, 0.25) is 0 Å². The fourth-order valence-corrected chi connectivity index (χ4v) is 3.97. The number of pyridine rings is 1. The Kier molecular flexibility index (Phi) is 5.93. The number of nitrogens with one attached hydrogen (secondary N) is 1. The van der Waals surface area contributed by atoms with Gasteiger partial charge in [-0.1, -0.05) is 32.0 Å². The second-order valence-corrected chi connectivity index (χ2v) is 7.95. The van der Waals surface area contributed by atoms with Crippen LogP contribution in [-0.2, 0) is 11.3 Å². The Morgan fingerprint density at radius 3 is 2.77 bits per heavy atom. The van der Waals surface area contributed by atoms with Crippen molar-refractivity contribution in [2.45, 2.75) is 52.3 Å². The Balaban J connectivity index is 1.64. The number of hydrogen-bond acceptors (Lipinski definition) is 5. The van der Waals surface area contributed by atoms with Crippen LogP contribution in [0.25, 0.3) is 5.65 Å². The number of benzene rings is 1. The number of anilines is 1. The van der Waals surface area contributed by atoms with Crippen LogP contribution in [0.15, 0.2) is 53.5 Å². The molecule has 0 saturated heterocycles. The Morgan fingerprint density at radius 1 is 1.23 bits per heavy atom. The van der Waals surface area contributed by atoms with E-state index in [0.29, 0.717) is 30.2 Å². The van der Waals surface area contributed by atoms with Crippen molar-refractivity contribution in [2.24, 2.45) is 0 Å². The molecule has 0 radical (unpaired) electrons. The highest BCUT2D eigenvalue weighted by Gasteiger charge is 2.31. The first-order valence-electron chi connectivity index (χ1n) is 10.8. The topological polar surface area (TPSA) is 75.9 Å². The molecule has 3 aromatic rings. The second kappa shape index (κ2) is 8.79. The zero-order valence-electron chi connectivity index (χ0n) is 18.2. The molecule has 0 spiro atoms. The lowest BCUT2D eigenvalue weighted by Gasteiger charge is -2.36. The van der Waals surface area contributed by atoms with Crippen LogP contribution in [0.1, 0.15) is 37.9 Å². The lowest BCUT2D eigenvalue weighted by Crippen LogP contribution is -2.51. The summed E-state index contributed by atoms with van der Waals surface area (Å²) in [5.74, 6) is 0.544. The van der Waals surface area contributed by atoms with Crippen LogP contribution >= 0.6 is 0 Å². The summed E-state index contributed by atoms with van der Waals surface area (Å²) in [6, 6.07) is 13.1. The van der Waals surface area contributed by atoms with E-state index in [2.05, 4.69) is 24.1 Å². The van der Waals surface area contributed by atoms with Crippen molar-refractivity contribution in [1.82, 2.24) is 14.7 Å². The summed E-state index contributed by atoms with van der Waals surface area (Å²) < 4.78 is 7.58. The number of carbonyl (C=O) groups excluding carboxylic acids is 1. The predicted molar refractivity (Wildman–Crippen MR) is 121 cm³/mol. The first-order chi connectivity index (χ1) is 15.0. The van der Waals surface area contributed by atoms with E-state index in [1.807, 2.05) is 43.3 Å². The molecule has 0 bridgehead atoms. The molecule has 7 heteroatoms. The molecule has 1 atom stereocenters.